The summed E-state index contributed by atoms with van der Waals surface area (Å²) in [4.78, 5) is 28.8. The molecule has 0 spiro atoms. The molecule has 6 nitrogen and oxygen atoms in total. The third-order valence-electron chi connectivity index (χ3n) is 3.15. The number of fused-ring (bicyclic) bond motifs is 1. The Balaban J connectivity index is 2.59. The molecular formula is C13H16N4O2. The van der Waals surface area contributed by atoms with Crippen molar-refractivity contribution in [1.29, 1.82) is 0 Å². The third-order valence-corrected chi connectivity index (χ3v) is 3.15. The number of aromatic nitrogens is 2. The van der Waals surface area contributed by atoms with Crippen LogP contribution >= 0.6 is 0 Å². The summed E-state index contributed by atoms with van der Waals surface area (Å²) in [5.74, 6) is 0.0331. The lowest BCUT2D eigenvalue weighted by Gasteiger charge is -2.25. The van der Waals surface area contributed by atoms with Crippen molar-refractivity contribution in [2.24, 2.45) is 5.73 Å². The fourth-order valence-electron chi connectivity index (χ4n) is 2.08. The van der Waals surface area contributed by atoms with E-state index in [9.17, 15) is 9.59 Å². The van der Waals surface area contributed by atoms with Gasteiger partial charge >= 0.3 is 0 Å². The SMILES string of the molecule is CCN(c1nc2ccccn2c1C=O)C(C)C(N)=O. The summed E-state index contributed by atoms with van der Waals surface area (Å²) < 4.78 is 1.69. The van der Waals surface area contributed by atoms with E-state index in [0.717, 1.165) is 6.29 Å². The van der Waals surface area contributed by atoms with Crippen molar-refractivity contribution in [2.45, 2.75) is 19.9 Å². The predicted molar refractivity (Wildman–Crippen MR) is 72.3 cm³/mol. The highest BCUT2D eigenvalue weighted by atomic mass is 16.1. The van der Waals surface area contributed by atoms with Crippen molar-refractivity contribution < 1.29 is 9.59 Å². The molecule has 0 aliphatic rings. The Bertz CT molecular complexity index is 620. The summed E-state index contributed by atoms with van der Waals surface area (Å²) in [6.45, 7) is 4.12. The Morgan fingerprint density at radius 3 is 2.89 bits per heavy atom. The molecule has 1 amide bonds. The number of imidazole rings is 1. The van der Waals surface area contributed by atoms with Crippen LogP contribution in [0.3, 0.4) is 0 Å². The van der Waals surface area contributed by atoms with Gasteiger partial charge in [0.15, 0.2) is 12.1 Å². The van der Waals surface area contributed by atoms with Gasteiger partial charge in [-0.15, -0.1) is 0 Å². The number of primary amides is 1. The number of aldehydes is 1. The minimum Gasteiger partial charge on any atom is -0.368 e. The number of nitrogens with two attached hydrogens (primary N) is 1. The Kier molecular flexibility index (Phi) is 3.50. The molecule has 100 valence electrons. The molecular weight excluding hydrogens is 244 g/mol. The van der Waals surface area contributed by atoms with Gasteiger partial charge < -0.3 is 10.6 Å². The number of hydrogen-bond donors (Lipinski definition) is 1. The lowest BCUT2D eigenvalue weighted by Crippen LogP contribution is -2.43. The quantitative estimate of drug-likeness (QED) is 0.808. The monoisotopic (exact) mass is 260 g/mol. The molecule has 6 heteroatoms. The average molecular weight is 260 g/mol. The highest BCUT2D eigenvalue weighted by molar-refractivity contribution is 5.88. The predicted octanol–water partition coefficient (Wildman–Crippen LogP) is 0.847. The molecule has 0 saturated heterocycles. The minimum atomic E-state index is -0.520. The molecule has 1 atom stereocenters. The molecule has 2 heterocycles. The number of likely N-dealkylation sites (N-methyl/N-ethyl adjacent to an activating group) is 1. The van der Waals surface area contributed by atoms with Crippen molar-refractivity contribution in [3.63, 3.8) is 0 Å². The topological polar surface area (TPSA) is 80.7 Å². The van der Waals surface area contributed by atoms with E-state index >= 15 is 0 Å². The number of amides is 1. The summed E-state index contributed by atoms with van der Waals surface area (Å²) in [5.41, 5.74) is 6.42. The molecule has 0 bridgehead atoms. The van der Waals surface area contributed by atoms with E-state index in [0.29, 0.717) is 23.7 Å². The zero-order valence-electron chi connectivity index (χ0n) is 10.9. The highest BCUT2D eigenvalue weighted by Gasteiger charge is 2.24. The fourth-order valence-corrected chi connectivity index (χ4v) is 2.08. The van der Waals surface area contributed by atoms with E-state index in [2.05, 4.69) is 4.98 Å². The number of rotatable bonds is 5. The van der Waals surface area contributed by atoms with Crippen molar-refractivity contribution >= 4 is 23.7 Å². The second kappa shape index (κ2) is 5.09. The fraction of sp³-hybridized carbons (Fsp3) is 0.308. The van der Waals surface area contributed by atoms with Crippen molar-refractivity contribution in [3.05, 3.63) is 30.1 Å². The Labute approximate surface area is 110 Å². The van der Waals surface area contributed by atoms with Gasteiger partial charge in [0.05, 0.1) is 0 Å². The van der Waals surface area contributed by atoms with Crippen LogP contribution in [0.1, 0.15) is 24.3 Å². The zero-order chi connectivity index (χ0) is 14.0. The van der Waals surface area contributed by atoms with E-state index in [1.165, 1.54) is 0 Å². The normalized spacial score (nSPS) is 12.3. The highest BCUT2D eigenvalue weighted by Crippen LogP contribution is 2.22. The van der Waals surface area contributed by atoms with Crippen LogP contribution in [0.4, 0.5) is 5.82 Å². The zero-order valence-corrected chi connectivity index (χ0v) is 10.9. The molecule has 0 fully saturated rings. The van der Waals surface area contributed by atoms with Gasteiger partial charge in [0.1, 0.15) is 17.4 Å². The standard InChI is InChI=1S/C13H16N4O2/c1-3-16(9(2)12(14)19)13-10(8-18)17-7-5-4-6-11(17)15-13/h4-9H,3H2,1-2H3,(H2,14,19). The number of hydrogen-bond acceptors (Lipinski definition) is 4. The van der Waals surface area contributed by atoms with Gasteiger partial charge in [0.2, 0.25) is 5.91 Å². The first-order valence-corrected chi connectivity index (χ1v) is 6.08. The van der Waals surface area contributed by atoms with Crippen LogP contribution in [0.5, 0.6) is 0 Å². The van der Waals surface area contributed by atoms with E-state index in [-0.39, 0.29) is 0 Å². The molecule has 19 heavy (non-hydrogen) atoms. The summed E-state index contributed by atoms with van der Waals surface area (Å²) >= 11 is 0. The molecule has 0 radical (unpaired) electrons. The molecule has 0 saturated carbocycles. The van der Waals surface area contributed by atoms with Crippen molar-refractivity contribution in [2.75, 3.05) is 11.4 Å². The molecule has 0 aromatic carbocycles. The van der Waals surface area contributed by atoms with Crippen LogP contribution in [-0.2, 0) is 4.79 Å². The second-order valence-electron chi connectivity index (χ2n) is 4.23. The lowest BCUT2D eigenvalue weighted by molar-refractivity contribution is -0.118. The first kappa shape index (κ1) is 13.1. The van der Waals surface area contributed by atoms with Crippen molar-refractivity contribution in [1.82, 2.24) is 9.38 Å². The smallest absolute Gasteiger partial charge is 0.239 e. The number of anilines is 1. The van der Waals surface area contributed by atoms with Crippen molar-refractivity contribution in [3.8, 4) is 0 Å². The number of pyridine rings is 1. The first-order chi connectivity index (χ1) is 9.10. The molecule has 1 unspecified atom stereocenters. The van der Waals surface area contributed by atoms with Crippen LogP contribution in [0, 0.1) is 0 Å². The summed E-state index contributed by atoms with van der Waals surface area (Å²) in [5, 5.41) is 0. The van der Waals surface area contributed by atoms with Crippen LogP contribution < -0.4 is 10.6 Å². The number of carbonyl (C=O) groups is 2. The maximum Gasteiger partial charge on any atom is 0.239 e. The van der Waals surface area contributed by atoms with Crippen LogP contribution in [0.25, 0.3) is 5.65 Å². The maximum absolute atomic E-state index is 11.3. The van der Waals surface area contributed by atoms with E-state index in [1.54, 1.807) is 28.5 Å². The molecule has 2 aromatic heterocycles. The third kappa shape index (κ3) is 2.16. The van der Waals surface area contributed by atoms with Gasteiger partial charge in [-0.2, -0.15) is 0 Å². The second-order valence-corrected chi connectivity index (χ2v) is 4.23. The summed E-state index contributed by atoms with van der Waals surface area (Å²) in [6, 6.07) is 4.95. The summed E-state index contributed by atoms with van der Waals surface area (Å²) in [6.07, 6.45) is 2.50. The number of nitrogens with zero attached hydrogens (tertiary/aromatic N) is 3. The van der Waals surface area contributed by atoms with E-state index < -0.39 is 11.9 Å². The van der Waals surface area contributed by atoms with Crippen LogP contribution in [-0.4, -0.2) is 34.2 Å². The molecule has 0 aliphatic carbocycles. The Hall–Kier alpha value is -2.37. The maximum atomic E-state index is 11.3. The van der Waals surface area contributed by atoms with Gasteiger partial charge in [-0.1, -0.05) is 6.07 Å². The molecule has 0 aliphatic heterocycles. The van der Waals surface area contributed by atoms with E-state index in [4.69, 9.17) is 5.73 Å². The minimum absolute atomic E-state index is 0.422. The number of carbonyl (C=O) groups excluding carboxylic acids is 2. The molecule has 2 aromatic rings. The van der Waals surface area contributed by atoms with Gasteiger partial charge in [0.25, 0.3) is 0 Å². The van der Waals surface area contributed by atoms with Gasteiger partial charge in [0, 0.05) is 12.7 Å². The molecule has 2 rings (SSSR count). The average Bonchev–Trinajstić information content (AvgIpc) is 2.77. The lowest BCUT2D eigenvalue weighted by atomic mass is 10.2. The van der Waals surface area contributed by atoms with E-state index in [1.807, 2.05) is 19.1 Å². The largest absolute Gasteiger partial charge is 0.368 e. The Morgan fingerprint density at radius 1 is 1.58 bits per heavy atom. The Morgan fingerprint density at radius 2 is 2.32 bits per heavy atom. The van der Waals surface area contributed by atoms with Gasteiger partial charge in [-0.05, 0) is 26.0 Å². The summed E-state index contributed by atoms with van der Waals surface area (Å²) in [7, 11) is 0. The van der Waals surface area contributed by atoms with Gasteiger partial charge in [-0.25, -0.2) is 4.98 Å². The first-order valence-electron chi connectivity index (χ1n) is 6.08. The van der Waals surface area contributed by atoms with Crippen LogP contribution in [0.2, 0.25) is 0 Å². The molecule has 2 N–H and O–H groups in total. The van der Waals surface area contributed by atoms with Gasteiger partial charge in [-0.3, -0.25) is 14.0 Å². The van der Waals surface area contributed by atoms with Crippen LogP contribution in [0.15, 0.2) is 24.4 Å².